The van der Waals surface area contributed by atoms with Gasteiger partial charge in [-0.2, -0.15) is 0 Å². The lowest BCUT2D eigenvalue weighted by molar-refractivity contribution is 0.102. The molecule has 0 saturated heterocycles. The number of benzene rings is 1. The molecular formula is C15H14N4O2. The Labute approximate surface area is 121 Å². The SMILES string of the molecule is CCNc1nc(C(=O)Nc2cnoc2)cc2ccccc12. The molecule has 2 aromatic heterocycles. The molecule has 0 radical (unpaired) electrons. The molecule has 106 valence electrons. The van der Waals surface area contributed by atoms with Crippen LogP contribution in [0.2, 0.25) is 0 Å². The molecule has 0 bridgehead atoms. The average Bonchev–Trinajstić information content (AvgIpc) is 3.00. The number of hydrogen-bond donors (Lipinski definition) is 2. The number of nitrogens with zero attached hydrogens (tertiary/aromatic N) is 2. The molecule has 21 heavy (non-hydrogen) atoms. The maximum atomic E-state index is 12.2. The number of hydrogen-bond acceptors (Lipinski definition) is 5. The van der Waals surface area contributed by atoms with E-state index >= 15 is 0 Å². The molecule has 0 aliphatic carbocycles. The molecular weight excluding hydrogens is 268 g/mol. The highest BCUT2D eigenvalue weighted by molar-refractivity contribution is 6.06. The van der Waals surface area contributed by atoms with Crippen LogP contribution in [0.4, 0.5) is 11.5 Å². The molecule has 6 heteroatoms. The van der Waals surface area contributed by atoms with Crippen LogP contribution in [0.5, 0.6) is 0 Å². The molecule has 3 rings (SSSR count). The molecule has 0 fully saturated rings. The van der Waals surface area contributed by atoms with Crippen molar-refractivity contribution >= 4 is 28.2 Å². The molecule has 0 spiro atoms. The Kier molecular flexibility index (Phi) is 3.51. The minimum Gasteiger partial charge on any atom is -0.370 e. The molecule has 2 N–H and O–H groups in total. The van der Waals surface area contributed by atoms with Gasteiger partial charge >= 0.3 is 0 Å². The summed E-state index contributed by atoms with van der Waals surface area (Å²) in [6.45, 7) is 2.72. The zero-order chi connectivity index (χ0) is 14.7. The molecule has 1 aromatic carbocycles. The normalized spacial score (nSPS) is 10.5. The van der Waals surface area contributed by atoms with Crippen LogP contribution in [0.15, 0.2) is 47.3 Å². The second-order valence-electron chi connectivity index (χ2n) is 4.47. The third kappa shape index (κ3) is 2.69. The summed E-state index contributed by atoms with van der Waals surface area (Å²) >= 11 is 0. The number of fused-ring (bicyclic) bond motifs is 1. The van der Waals surface area contributed by atoms with Crippen molar-refractivity contribution in [3.05, 3.63) is 48.5 Å². The van der Waals surface area contributed by atoms with Gasteiger partial charge in [0.05, 0.1) is 6.20 Å². The lowest BCUT2D eigenvalue weighted by atomic mass is 10.1. The van der Waals surface area contributed by atoms with Crippen LogP contribution in [0.1, 0.15) is 17.4 Å². The van der Waals surface area contributed by atoms with Crippen molar-refractivity contribution < 1.29 is 9.32 Å². The van der Waals surface area contributed by atoms with Gasteiger partial charge in [-0.3, -0.25) is 4.79 Å². The van der Waals surface area contributed by atoms with E-state index in [4.69, 9.17) is 0 Å². The highest BCUT2D eigenvalue weighted by Gasteiger charge is 2.12. The van der Waals surface area contributed by atoms with Crippen molar-refractivity contribution in [2.45, 2.75) is 6.92 Å². The fourth-order valence-electron chi connectivity index (χ4n) is 2.08. The van der Waals surface area contributed by atoms with E-state index in [0.717, 1.165) is 17.3 Å². The van der Waals surface area contributed by atoms with Crippen molar-refractivity contribution in [1.29, 1.82) is 0 Å². The minimum atomic E-state index is -0.303. The van der Waals surface area contributed by atoms with E-state index in [9.17, 15) is 4.79 Å². The topological polar surface area (TPSA) is 80.0 Å². The highest BCUT2D eigenvalue weighted by Crippen LogP contribution is 2.23. The van der Waals surface area contributed by atoms with Gasteiger partial charge in [-0.15, -0.1) is 0 Å². The molecule has 0 unspecified atom stereocenters. The number of anilines is 2. The predicted octanol–water partition coefficient (Wildman–Crippen LogP) is 2.91. The van der Waals surface area contributed by atoms with Crippen LogP contribution >= 0.6 is 0 Å². The molecule has 0 aliphatic heterocycles. The van der Waals surface area contributed by atoms with Gasteiger partial charge in [0.15, 0.2) is 0 Å². The van der Waals surface area contributed by atoms with Crippen LogP contribution in [-0.2, 0) is 0 Å². The Morgan fingerprint density at radius 3 is 2.95 bits per heavy atom. The van der Waals surface area contributed by atoms with Gasteiger partial charge in [-0.25, -0.2) is 4.98 Å². The van der Waals surface area contributed by atoms with Crippen molar-refractivity contribution in [2.75, 3.05) is 17.2 Å². The minimum absolute atomic E-state index is 0.303. The van der Waals surface area contributed by atoms with Crippen LogP contribution < -0.4 is 10.6 Å². The van der Waals surface area contributed by atoms with E-state index in [1.807, 2.05) is 31.2 Å². The van der Waals surface area contributed by atoms with Crippen molar-refractivity contribution in [1.82, 2.24) is 10.1 Å². The first-order chi connectivity index (χ1) is 10.3. The maximum absolute atomic E-state index is 12.2. The number of rotatable bonds is 4. The Hall–Kier alpha value is -2.89. The number of amides is 1. The van der Waals surface area contributed by atoms with Crippen LogP contribution in [-0.4, -0.2) is 22.6 Å². The van der Waals surface area contributed by atoms with E-state index < -0.39 is 0 Å². The fraction of sp³-hybridized carbons (Fsp3) is 0.133. The van der Waals surface area contributed by atoms with Gasteiger partial charge in [-0.1, -0.05) is 29.4 Å². The average molecular weight is 282 g/mol. The third-order valence-electron chi connectivity index (χ3n) is 3.01. The third-order valence-corrected chi connectivity index (χ3v) is 3.01. The predicted molar refractivity (Wildman–Crippen MR) is 80.4 cm³/mol. The summed E-state index contributed by atoms with van der Waals surface area (Å²) < 4.78 is 4.69. The summed E-state index contributed by atoms with van der Waals surface area (Å²) in [6.07, 6.45) is 2.80. The van der Waals surface area contributed by atoms with Gasteiger partial charge in [0.2, 0.25) is 0 Å². The summed E-state index contributed by atoms with van der Waals surface area (Å²) in [7, 11) is 0. The molecule has 6 nitrogen and oxygen atoms in total. The van der Waals surface area contributed by atoms with Gasteiger partial charge in [0.25, 0.3) is 5.91 Å². The Morgan fingerprint density at radius 2 is 2.19 bits per heavy atom. The second kappa shape index (κ2) is 5.62. The number of nitrogens with one attached hydrogen (secondary N) is 2. The molecule has 0 saturated carbocycles. The van der Waals surface area contributed by atoms with Gasteiger partial charge in [0.1, 0.15) is 23.5 Å². The highest BCUT2D eigenvalue weighted by atomic mass is 16.5. The lowest BCUT2D eigenvalue weighted by Crippen LogP contribution is -2.14. The zero-order valence-electron chi connectivity index (χ0n) is 11.5. The largest absolute Gasteiger partial charge is 0.370 e. The monoisotopic (exact) mass is 282 g/mol. The van der Waals surface area contributed by atoms with Crippen LogP contribution in [0, 0.1) is 0 Å². The first kappa shape index (κ1) is 13.1. The first-order valence-corrected chi connectivity index (χ1v) is 6.62. The second-order valence-corrected chi connectivity index (χ2v) is 4.47. The Bertz CT molecular complexity index is 768. The van der Waals surface area contributed by atoms with Crippen LogP contribution in [0.25, 0.3) is 10.8 Å². The summed E-state index contributed by atoms with van der Waals surface area (Å²) in [4.78, 5) is 16.6. The van der Waals surface area contributed by atoms with E-state index in [0.29, 0.717) is 17.2 Å². The van der Waals surface area contributed by atoms with Crippen molar-refractivity contribution in [3.63, 3.8) is 0 Å². The number of carbonyl (C=O) groups is 1. The van der Waals surface area contributed by atoms with Gasteiger partial charge in [0, 0.05) is 11.9 Å². The Balaban J connectivity index is 2.00. The van der Waals surface area contributed by atoms with E-state index in [1.165, 1.54) is 12.5 Å². The molecule has 0 aliphatic rings. The van der Waals surface area contributed by atoms with Crippen LogP contribution in [0.3, 0.4) is 0 Å². The van der Waals surface area contributed by atoms with Crippen molar-refractivity contribution in [2.24, 2.45) is 0 Å². The summed E-state index contributed by atoms with van der Waals surface area (Å²) in [6, 6.07) is 9.57. The maximum Gasteiger partial charge on any atom is 0.274 e. The van der Waals surface area contributed by atoms with Gasteiger partial charge in [-0.05, 0) is 18.4 Å². The standard InChI is InChI=1S/C15H14N4O2/c1-2-16-14-12-6-4-3-5-10(12)7-13(19-14)15(20)18-11-8-17-21-9-11/h3-9H,2H2,1H3,(H,16,19)(H,18,20). The zero-order valence-corrected chi connectivity index (χ0v) is 11.5. The molecule has 0 atom stereocenters. The Morgan fingerprint density at radius 1 is 1.33 bits per heavy atom. The summed E-state index contributed by atoms with van der Waals surface area (Å²) in [5, 5.41) is 11.4. The van der Waals surface area contributed by atoms with E-state index in [-0.39, 0.29) is 5.91 Å². The summed E-state index contributed by atoms with van der Waals surface area (Å²) in [5.41, 5.74) is 0.839. The lowest BCUT2D eigenvalue weighted by Gasteiger charge is -2.10. The van der Waals surface area contributed by atoms with E-state index in [1.54, 1.807) is 6.07 Å². The van der Waals surface area contributed by atoms with Crippen molar-refractivity contribution in [3.8, 4) is 0 Å². The quantitative estimate of drug-likeness (QED) is 0.769. The molecule has 1 amide bonds. The smallest absolute Gasteiger partial charge is 0.274 e. The molecule has 3 aromatic rings. The fourth-order valence-corrected chi connectivity index (χ4v) is 2.08. The number of carbonyl (C=O) groups excluding carboxylic acids is 1. The van der Waals surface area contributed by atoms with Gasteiger partial charge < -0.3 is 15.2 Å². The molecule has 2 heterocycles. The van der Waals surface area contributed by atoms with E-state index in [2.05, 4.69) is 25.3 Å². The first-order valence-electron chi connectivity index (χ1n) is 6.62. The number of pyridine rings is 1. The summed E-state index contributed by atoms with van der Waals surface area (Å²) in [5.74, 6) is 0.397. The number of aromatic nitrogens is 2.